The summed E-state index contributed by atoms with van der Waals surface area (Å²) in [5, 5.41) is 0. The number of piperazine rings is 1. The molecule has 1 aliphatic heterocycles. The summed E-state index contributed by atoms with van der Waals surface area (Å²) < 4.78 is 19.8. The highest BCUT2D eigenvalue weighted by atomic mass is 16.9. The van der Waals surface area contributed by atoms with Crippen LogP contribution in [0.1, 0.15) is 124 Å². The molecule has 1 aliphatic rings. The van der Waals surface area contributed by atoms with Gasteiger partial charge in [0.2, 0.25) is 0 Å². The van der Waals surface area contributed by atoms with E-state index in [4.69, 9.17) is 14.2 Å². The fourth-order valence-electron chi connectivity index (χ4n) is 4.86. The van der Waals surface area contributed by atoms with E-state index in [1.807, 2.05) is 0 Å². The van der Waals surface area contributed by atoms with E-state index in [9.17, 15) is 0 Å². The highest BCUT2D eigenvalue weighted by molar-refractivity contribution is 4.76. The van der Waals surface area contributed by atoms with Crippen molar-refractivity contribution in [1.82, 2.24) is 9.80 Å². The molecule has 5 nitrogen and oxygen atoms in total. The van der Waals surface area contributed by atoms with Gasteiger partial charge in [0.15, 0.2) is 0 Å². The highest BCUT2D eigenvalue weighted by Crippen LogP contribution is 2.35. The molecule has 1 atom stereocenters. The fraction of sp³-hybridized carbons (Fsp3) is 1.00. The van der Waals surface area contributed by atoms with Gasteiger partial charge in [0.1, 0.15) is 0 Å². The number of likely N-dealkylation sites (N-methyl/N-ethyl adjacent to an activating group) is 1. The van der Waals surface area contributed by atoms with Crippen molar-refractivity contribution in [3.05, 3.63) is 0 Å². The molecule has 0 aromatic rings. The van der Waals surface area contributed by atoms with E-state index in [2.05, 4.69) is 44.5 Å². The summed E-state index contributed by atoms with van der Waals surface area (Å²) in [5.74, 6) is -0.572. The van der Waals surface area contributed by atoms with Crippen LogP contribution in [0.2, 0.25) is 0 Å². The molecule has 0 saturated carbocycles. The Kier molecular flexibility index (Phi) is 20.5. The second kappa shape index (κ2) is 21.8. The minimum Gasteiger partial charge on any atom is -0.327 e. The molecule has 0 amide bonds. The van der Waals surface area contributed by atoms with E-state index in [1.54, 1.807) is 0 Å². The topological polar surface area (TPSA) is 34.2 Å². The van der Waals surface area contributed by atoms with Crippen LogP contribution in [0.3, 0.4) is 0 Å². The van der Waals surface area contributed by atoms with Gasteiger partial charge in [0, 0.05) is 32.1 Å². The quantitative estimate of drug-likeness (QED) is 0.102. The number of unbranched alkanes of at least 4 members (excludes halogenated alkanes) is 8. The molecule has 1 saturated heterocycles. The van der Waals surface area contributed by atoms with E-state index in [0.717, 1.165) is 71.2 Å². The maximum Gasteiger partial charge on any atom is 0.285 e. The predicted octanol–water partition coefficient (Wildman–Crippen LogP) is 7.48. The van der Waals surface area contributed by atoms with Crippen molar-refractivity contribution < 1.29 is 14.2 Å². The first-order valence-electron chi connectivity index (χ1n) is 15.4. The maximum absolute atomic E-state index is 6.61. The molecule has 35 heavy (non-hydrogen) atoms. The number of nitrogens with zero attached hydrogens (tertiary/aromatic N) is 2. The van der Waals surface area contributed by atoms with Gasteiger partial charge in [-0.05, 0) is 52.1 Å². The van der Waals surface area contributed by atoms with Crippen molar-refractivity contribution in [2.75, 3.05) is 59.6 Å². The van der Waals surface area contributed by atoms with E-state index in [0.29, 0.717) is 5.92 Å². The van der Waals surface area contributed by atoms with Gasteiger partial charge in [-0.1, -0.05) is 85.5 Å². The van der Waals surface area contributed by atoms with Crippen molar-refractivity contribution in [2.24, 2.45) is 5.92 Å². The molecule has 1 heterocycles. The Labute approximate surface area is 219 Å². The number of rotatable bonds is 24. The number of hydrogen-bond acceptors (Lipinski definition) is 5. The summed E-state index contributed by atoms with van der Waals surface area (Å²) in [7, 11) is 2.23. The molecular weight excluding hydrogens is 436 g/mol. The zero-order chi connectivity index (χ0) is 25.6. The Morgan fingerprint density at radius 3 is 1.54 bits per heavy atom. The van der Waals surface area contributed by atoms with Gasteiger partial charge in [-0.2, -0.15) is 0 Å². The third-order valence-electron chi connectivity index (χ3n) is 7.43. The maximum atomic E-state index is 6.61. The number of ether oxygens (including phenoxy) is 3. The summed E-state index contributed by atoms with van der Waals surface area (Å²) in [6.07, 6.45) is 17.9. The van der Waals surface area contributed by atoms with Crippen molar-refractivity contribution >= 4 is 0 Å². The average molecular weight is 499 g/mol. The highest BCUT2D eigenvalue weighted by Gasteiger charge is 2.42. The van der Waals surface area contributed by atoms with E-state index in [-0.39, 0.29) is 0 Å². The first-order valence-corrected chi connectivity index (χ1v) is 15.4. The molecule has 1 fully saturated rings. The first kappa shape index (κ1) is 32.8. The van der Waals surface area contributed by atoms with E-state index < -0.39 is 5.97 Å². The summed E-state index contributed by atoms with van der Waals surface area (Å²) >= 11 is 0. The third kappa shape index (κ3) is 15.0. The molecule has 0 N–H and O–H groups in total. The molecule has 0 radical (unpaired) electrons. The molecule has 1 rings (SSSR count). The standard InChI is InChI=1S/C30H62N2O3/c1-6-10-14-15-16-17-19-29(20-18-21-32-24-22-31(5)23-25-32)30(33-26-11-7-2,34-27-12-8-3)35-28-13-9-4/h29H,6-28H2,1-5H3. The molecule has 5 heteroatoms. The molecule has 0 bridgehead atoms. The summed E-state index contributed by atoms with van der Waals surface area (Å²) in [6, 6.07) is 0. The molecule has 0 aromatic heterocycles. The van der Waals surface area contributed by atoms with Crippen LogP contribution in [0.5, 0.6) is 0 Å². The van der Waals surface area contributed by atoms with Crippen LogP contribution in [-0.2, 0) is 14.2 Å². The molecule has 0 aliphatic carbocycles. The zero-order valence-corrected chi connectivity index (χ0v) is 24.5. The van der Waals surface area contributed by atoms with Gasteiger partial charge >= 0.3 is 0 Å². The van der Waals surface area contributed by atoms with Gasteiger partial charge < -0.3 is 24.0 Å². The molecule has 1 unspecified atom stereocenters. The third-order valence-corrected chi connectivity index (χ3v) is 7.43. The first-order chi connectivity index (χ1) is 17.1. The van der Waals surface area contributed by atoms with Gasteiger partial charge in [0.05, 0.1) is 19.8 Å². The lowest BCUT2D eigenvalue weighted by Gasteiger charge is -2.40. The second-order valence-electron chi connectivity index (χ2n) is 10.8. The summed E-state index contributed by atoms with van der Waals surface area (Å²) in [6.45, 7) is 17.1. The minimum atomic E-state index is -0.870. The number of hydrogen-bond donors (Lipinski definition) is 0. The van der Waals surface area contributed by atoms with Crippen LogP contribution in [-0.4, -0.2) is 75.4 Å². The van der Waals surface area contributed by atoms with Gasteiger partial charge in [0.25, 0.3) is 5.97 Å². The van der Waals surface area contributed by atoms with Crippen LogP contribution in [0.15, 0.2) is 0 Å². The minimum absolute atomic E-state index is 0.298. The van der Waals surface area contributed by atoms with Crippen LogP contribution < -0.4 is 0 Å². The van der Waals surface area contributed by atoms with Crippen molar-refractivity contribution in [2.45, 2.75) is 130 Å². The SMILES string of the molecule is CCCCCCCCC(CCCN1CCN(C)CC1)C(OCCCC)(OCCCC)OCCCC. The monoisotopic (exact) mass is 498 g/mol. The molecule has 0 aromatic carbocycles. The molecule has 0 spiro atoms. The Morgan fingerprint density at radius 2 is 1.03 bits per heavy atom. The van der Waals surface area contributed by atoms with Gasteiger partial charge in [-0.15, -0.1) is 0 Å². The summed E-state index contributed by atoms with van der Waals surface area (Å²) in [5.41, 5.74) is 0. The lowest BCUT2D eigenvalue weighted by molar-refractivity contribution is -0.407. The Balaban J connectivity index is 2.89. The van der Waals surface area contributed by atoms with Crippen molar-refractivity contribution in [3.8, 4) is 0 Å². The normalized spacial score (nSPS) is 16.7. The van der Waals surface area contributed by atoms with Crippen LogP contribution in [0, 0.1) is 5.92 Å². The Hall–Kier alpha value is -0.200. The predicted molar refractivity (Wildman–Crippen MR) is 150 cm³/mol. The second-order valence-corrected chi connectivity index (χ2v) is 10.8. The lowest BCUT2D eigenvalue weighted by atomic mass is 9.92. The average Bonchev–Trinajstić information content (AvgIpc) is 2.86. The van der Waals surface area contributed by atoms with E-state index in [1.165, 1.54) is 77.7 Å². The van der Waals surface area contributed by atoms with Crippen LogP contribution in [0.25, 0.3) is 0 Å². The van der Waals surface area contributed by atoms with Gasteiger partial charge in [-0.3, -0.25) is 0 Å². The van der Waals surface area contributed by atoms with Crippen LogP contribution >= 0.6 is 0 Å². The Bertz CT molecular complexity index is 428. The summed E-state index contributed by atoms with van der Waals surface area (Å²) in [4.78, 5) is 5.07. The largest absolute Gasteiger partial charge is 0.327 e. The van der Waals surface area contributed by atoms with E-state index >= 15 is 0 Å². The van der Waals surface area contributed by atoms with Crippen molar-refractivity contribution in [3.63, 3.8) is 0 Å². The van der Waals surface area contributed by atoms with Crippen LogP contribution in [0.4, 0.5) is 0 Å². The molecule has 210 valence electrons. The Morgan fingerprint density at radius 1 is 0.571 bits per heavy atom. The molecular formula is C30H62N2O3. The zero-order valence-electron chi connectivity index (χ0n) is 24.5. The van der Waals surface area contributed by atoms with Gasteiger partial charge in [-0.25, -0.2) is 0 Å². The lowest BCUT2D eigenvalue weighted by Crippen LogP contribution is -2.48. The fourth-order valence-corrected chi connectivity index (χ4v) is 4.86. The smallest absolute Gasteiger partial charge is 0.285 e. The van der Waals surface area contributed by atoms with Crippen molar-refractivity contribution in [1.29, 1.82) is 0 Å².